The number of hydrogen-bond acceptors (Lipinski definition) is 5. The van der Waals surface area contributed by atoms with Crippen molar-refractivity contribution in [1.82, 2.24) is 14.8 Å². The van der Waals surface area contributed by atoms with E-state index < -0.39 is 11.9 Å². The van der Waals surface area contributed by atoms with Gasteiger partial charge in [-0.1, -0.05) is 0 Å². The number of aryl methyl sites for hydroxylation is 2. The topological polar surface area (TPSA) is 60.2 Å². The van der Waals surface area contributed by atoms with E-state index in [0.29, 0.717) is 10.8 Å². The quantitative estimate of drug-likeness (QED) is 0.750. The molecule has 0 unspecified atom stereocenters. The van der Waals surface area contributed by atoms with Crippen molar-refractivity contribution >= 4 is 11.3 Å². The summed E-state index contributed by atoms with van der Waals surface area (Å²) in [4.78, 5) is 4.18. The average Bonchev–Trinajstić information content (AvgIpc) is 3.09. The maximum atomic E-state index is 13.6. The third kappa shape index (κ3) is 3.07. The van der Waals surface area contributed by atoms with Crippen molar-refractivity contribution in [2.24, 2.45) is 7.05 Å². The van der Waals surface area contributed by atoms with Crippen LogP contribution in [-0.2, 0) is 13.2 Å². The van der Waals surface area contributed by atoms with Gasteiger partial charge in [-0.2, -0.15) is 18.3 Å². The zero-order valence-corrected chi connectivity index (χ0v) is 14.4. The first-order valence-electron chi connectivity index (χ1n) is 7.16. The molecule has 0 atom stereocenters. The van der Waals surface area contributed by atoms with Crippen molar-refractivity contribution < 1.29 is 23.0 Å². The van der Waals surface area contributed by atoms with Gasteiger partial charge in [0, 0.05) is 24.1 Å². The number of rotatable bonds is 3. The van der Waals surface area contributed by atoms with Crippen LogP contribution in [-0.4, -0.2) is 27.0 Å². The predicted molar refractivity (Wildman–Crippen MR) is 87.7 cm³/mol. The molecule has 25 heavy (non-hydrogen) atoms. The molecule has 3 rings (SSSR count). The van der Waals surface area contributed by atoms with Crippen LogP contribution in [0.5, 0.6) is 11.5 Å². The molecule has 2 heterocycles. The van der Waals surface area contributed by atoms with Gasteiger partial charge in [0.15, 0.2) is 5.69 Å². The number of benzene rings is 1. The fraction of sp³-hybridized carbons (Fsp3) is 0.250. The number of ether oxygens (including phenoxy) is 1. The van der Waals surface area contributed by atoms with Gasteiger partial charge in [0.05, 0.1) is 23.4 Å². The molecule has 0 saturated heterocycles. The molecule has 0 saturated carbocycles. The van der Waals surface area contributed by atoms with Crippen molar-refractivity contribution in [3.05, 3.63) is 34.3 Å². The summed E-state index contributed by atoms with van der Waals surface area (Å²) in [5, 5.41) is 16.4. The second kappa shape index (κ2) is 6.07. The van der Waals surface area contributed by atoms with E-state index in [-0.39, 0.29) is 28.3 Å². The molecule has 0 aliphatic carbocycles. The van der Waals surface area contributed by atoms with Crippen LogP contribution in [0.15, 0.2) is 23.6 Å². The zero-order valence-electron chi connectivity index (χ0n) is 13.5. The van der Waals surface area contributed by atoms with E-state index in [1.165, 1.54) is 37.6 Å². The van der Waals surface area contributed by atoms with E-state index in [1.807, 2.05) is 0 Å². The number of aromatic hydroxyl groups is 1. The Morgan fingerprint density at radius 1 is 1.28 bits per heavy atom. The fourth-order valence-corrected chi connectivity index (χ4v) is 3.20. The Labute approximate surface area is 145 Å². The summed E-state index contributed by atoms with van der Waals surface area (Å²) in [5.74, 6) is 0.165. The molecular formula is C16H14F3N3O2S. The number of alkyl halides is 3. The zero-order chi connectivity index (χ0) is 18.4. The van der Waals surface area contributed by atoms with Crippen LogP contribution >= 0.6 is 11.3 Å². The summed E-state index contributed by atoms with van der Waals surface area (Å²) < 4.78 is 46.5. The monoisotopic (exact) mass is 369 g/mol. The Bertz CT molecular complexity index is 931. The third-order valence-corrected chi connectivity index (χ3v) is 4.42. The Morgan fingerprint density at radius 3 is 2.52 bits per heavy atom. The molecule has 132 valence electrons. The summed E-state index contributed by atoms with van der Waals surface area (Å²) in [7, 11) is 2.65. The van der Waals surface area contributed by atoms with E-state index in [1.54, 1.807) is 18.4 Å². The normalized spacial score (nSPS) is 11.8. The maximum Gasteiger partial charge on any atom is 0.433 e. The highest BCUT2D eigenvalue weighted by Gasteiger charge is 2.40. The number of nitrogens with zero attached hydrogens (tertiary/aromatic N) is 3. The van der Waals surface area contributed by atoms with Crippen molar-refractivity contribution in [2.45, 2.75) is 13.1 Å². The van der Waals surface area contributed by atoms with Gasteiger partial charge in [-0.15, -0.1) is 11.3 Å². The van der Waals surface area contributed by atoms with Crippen LogP contribution in [0.25, 0.3) is 22.5 Å². The Kier molecular flexibility index (Phi) is 4.19. The highest BCUT2D eigenvalue weighted by atomic mass is 32.1. The van der Waals surface area contributed by atoms with Crippen molar-refractivity contribution in [3.8, 4) is 34.0 Å². The number of halogens is 3. The Morgan fingerprint density at radius 2 is 2.00 bits per heavy atom. The summed E-state index contributed by atoms with van der Waals surface area (Å²) in [6, 6.07) is 4.35. The number of phenols is 1. The molecule has 2 aromatic heterocycles. The lowest BCUT2D eigenvalue weighted by molar-refractivity contribution is -0.143. The molecule has 0 spiro atoms. The minimum atomic E-state index is -4.62. The number of phenolic OH excluding ortho intramolecular Hbond substituents is 1. The molecule has 5 nitrogen and oxygen atoms in total. The molecule has 1 N–H and O–H groups in total. The largest absolute Gasteiger partial charge is 0.507 e. The molecule has 0 bridgehead atoms. The van der Waals surface area contributed by atoms with Gasteiger partial charge in [-0.25, -0.2) is 4.98 Å². The number of hydrogen-bond donors (Lipinski definition) is 1. The SMILES string of the molecule is COc1ccc(-c2nn(C)c(C(F)(F)F)c2-c2csc(C)n2)c(O)c1. The second-order valence-corrected chi connectivity index (χ2v) is 6.39. The van der Waals surface area contributed by atoms with Gasteiger partial charge >= 0.3 is 6.18 Å². The summed E-state index contributed by atoms with van der Waals surface area (Å²) in [6.07, 6.45) is -4.62. The lowest BCUT2D eigenvalue weighted by Gasteiger charge is -2.10. The first-order chi connectivity index (χ1) is 11.7. The van der Waals surface area contributed by atoms with E-state index in [9.17, 15) is 18.3 Å². The third-order valence-electron chi connectivity index (χ3n) is 3.65. The molecule has 0 radical (unpaired) electrons. The molecule has 1 aromatic carbocycles. The van der Waals surface area contributed by atoms with Crippen LogP contribution in [0, 0.1) is 6.92 Å². The van der Waals surface area contributed by atoms with Crippen LogP contribution < -0.4 is 4.74 Å². The number of thiazole rings is 1. The Hall–Kier alpha value is -2.55. The minimum absolute atomic E-state index is 0.0141. The van der Waals surface area contributed by atoms with Gasteiger partial charge in [0.25, 0.3) is 0 Å². The van der Waals surface area contributed by atoms with Crippen molar-refractivity contribution in [2.75, 3.05) is 7.11 Å². The first-order valence-corrected chi connectivity index (χ1v) is 8.04. The summed E-state index contributed by atoms with van der Waals surface area (Å²) in [6.45, 7) is 1.71. The highest BCUT2D eigenvalue weighted by molar-refractivity contribution is 7.09. The number of methoxy groups -OCH3 is 1. The van der Waals surface area contributed by atoms with E-state index >= 15 is 0 Å². The lowest BCUT2D eigenvalue weighted by Crippen LogP contribution is -2.13. The van der Waals surface area contributed by atoms with Crippen LogP contribution in [0.1, 0.15) is 10.7 Å². The Balaban J connectivity index is 2.31. The van der Waals surface area contributed by atoms with Crippen LogP contribution in [0.4, 0.5) is 13.2 Å². The average molecular weight is 369 g/mol. The molecule has 3 aromatic rings. The van der Waals surface area contributed by atoms with Gasteiger partial charge in [0.2, 0.25) is 0 Å². The minimum Gasteiger partial charge on any atom is -0.507 e. The van der Waals surface area contributed by atoms with Crippen molar-refractivity contribution in [1.29, 1.82) is 0 Å². The maximum absolute atomic E-state index is 13.6. The molecule has 0 amide bonds. The second-order valence-electron chi connectivity index (χ2n) is 5.33. The van der Waals surface area contributed by atoms with Crippen LogP contribution in [0.2, 0.25) is 0 Å². The van der Waals surface area contributed by atoms with Gasteiger partial charge in [0.1, 0.15) is 17.2 Å². The van der Waals surface area contributed by atoms with Gasteiger partial charge in [-0.3, -0.25) is 4.68 Å². The molecule has 9 heteroatoms. The van der Waals surface area contributed by atoms with E-state index in [4.69, 9.17) is 4.74 Å². The molecule has 0 aliphatic heterocycles. The number of aromatic nitrogens is 3. The predicted octanol–water partition coefficient (Wildman–Crippen LogP) is 4.25. The molecule has 0 fully saturated rings. The molecular weight excluding hydrogens is 355 g/mol. The van der Waals surface area contributed by atoms with E-state index in [2.05, 4.69) is 10.1 Å². The standard InChI is InChI=1S/C16H14F3N3O2S/c1-8-20-11(7-25-8)13-14(21-22(2)15(13)16(17,18)19)10-5-4-9(24-3)6-12(10)23/h4-7,23H,1-3H3. The van der Waals surface area contributed by atoms with Crippen molar-refractivity contribution in [3.63, 3.8) is 0 Å². The smallest absolute Gasteiger partial charge is 0.433 e. The van der Waals surface area contributed by atoms with Gasteiger partial charge < -0.3 is 9.84 Å². The van der Waals surface area contributed by atoms with Crippen LogP contribution in [0.3, 0.4) is 0 Å². The molecule has 0 aliphatic rings. The first kappa shape index (κ1) is 17.3. The summed E-state index contributed by atoms with van der Waals surface area (Å²) >= 11 is 1.24. The fourth-order valence-electron chi connectivity index (χ4n) is 2.60. The highest BCUT2D eigenvalue weighted by Crippen LogP contribution is 2.44. The summed E-state index contributed by atoms with van der Waals surface area (Å²) in [5.41, 5.74) is -0.705. The van der Waals surface area contributed by atoms with E-state index in [0.717, 1.165) is 4.68 Å². The van der Waals surface area contributed by atoms with Gasteiger partial charge in [-0.05, 0) is 19.1 Å². The lowest BCUT2D eigenvalue weighted by atomic mass is 10.0.